The smallest absolute Gasteiger partial charge is 0.333 e. The fraction of sp³-hybridized carbons (Fsp3) is 0.357. The molecule has 36 heavy (non-hydrogen) atoms. The molecule has 8 heteroatoms. The van der Waals surface area contributed by atoms with Gasteiger partial charge in [-0.15, -0.1) is 0 Å². The van der Waals surface area contributed by atoms with Crippen molar-refractivity contribution in [2.45, 2.75) is 59.0 Å². The lowest BCUT2D eigenvalue weighted by atomic mass is 9.85. The Morgan fingerprint density at radius 3 is 2.47 bits per heavy atom. The van der Waals surface area contributed by atoms with Gasteiger partial charge < -0.3 is 5.32 Å². The van der Waals surface area contributed by atoms with Gasteiger partial charge in [0.05, 0.1) is 39.2 Å². The Labute approximate surface area is 215 Å². The third-order valence-corrected chi connectivity index (χ3v) is 7.42. The summed E-state index contributed by atoms with van der Waals surface area (Å²) in [5, 5.41) is 3.60. The summed E-state index contributed by atoms with van der Waals surface area (Å²) < 4.78 is 3.68. The van der Waals surface area contributed by atoms with E-state index in [4.69, 9.17) is 11.6 Å². The molecule has 1 N–H and O–H groups in total. The summed E-state index contributed by atoms with van der Waals surface area (Å²) in [5.41, 5.74) is 5.74. The normalized spacial score (nSPS) is 17.9. The van der Waals surface area contributed by atoms with Gasteiger partial charge in [-0.1, -0.05) is 23.7 Å². The van der Waals surface area contributed by atoms with Crippen LogP contribution in [0.4, 0.5) is 0 Å². The SMILES string of the molecule is Cc1cc(C)c(-n2c(=O)n(C[C@H]3CC[C@H](NC(=O)c4cc(Cl)cnc4C)CC3)c3ccccc32)cn1. The first kappa shape index (κ1) is 24.3. The first-order valence-corrected chi connectivity index (χ1v) is 12.8. The van der Waals surface area contributed by atoms with Crippen molar-refractivity contribution < 1.29 is 4.79 Å². The minimum Gasteiger partial charge on any atom is -0.349 e. The average molecular weight is 504 g/mol. The largest absolute Gasteiger partial charge is 0.349 e. The lowest BCUT2D eigenvalue weighted by Crippen LogP contribution is -2.39. The summed E-state index contributed by atoms with van der Waals surface area (Å²) in [6.07, 6.45) is 6.96. The maximum absolute atomic E-state index is 13.7. The molecule has 3 aromatic heterocycles. The first-order chi connectivity index (χ1) is 17.3. The molecule has 1 aliphatic rings. The van der Waals surface area contributed by atoms with E-state index in [1.54, 1.807) is 23.0 Å². The Balaban J connectivity index is 1.32. The third-order valence-electron chi connectivity index (χ3n) is 7.22. The van der Waals surface area contributed by atoms with E-state index in [-0.39, 0.29) is 17.6 Å². The zero-order chi connectivity index (χ0) is 25.4. The second-order valence-corrected chi connectivity index (χ2v) is 10.2. The van der Waals surface area contributed by atoms with Crippen LogP contribution in [-0.4, -0.2) is 31.1 Å². The zero-order valence-electron chi connectivity index (χ0n) is 20.8. The topological polar surface area (TPSA) is 81.8 Å². The Kier molecular flexibility index (Phi) is 6.67. The van der Waals surface area contributed by atoms with Crippen LogP contribution in [-0.2, 0) is 6.54 Å². The van der Waals surface area contributed by atoms with Gasteiger partial charge in [0.15, 0.2) is 0 Å². The molecule has 0 saturated heterocycles. The van der Waals surface area contributed by atoms with Gasteiger partial charge in [-0.25, -0.2) is 4.79 Å². The van der Waals surface area contributed by atoms with Crippen molar-refractivity contribution in [2.24, 2.45) is 5.92 Å². The third kappa shape index (κ3) is 4.67. The summed E-state index contributed by atoms with van der Waals surface area (Å²) in [6, 6.07) is 11.7. The van der Waals surface area contributed by atoms with Crippen LogP contribution in [0.2, 0.25) is 5.02 Å². The lowest BCUT2D eigenvalue weighted by molar-refractivity contribution is 0.0919. The molecule has 1 amide bonds. The van der Waals surface area contributed by atoms with E-state index in [2.05, 4.69) is 15.3 Å². The predicted octanol–water partition coefficient (Wildman–Crippen LogP) is 5.15. The standard InChI is InChI=1S/C28H30ClN5O2/c1-17-12-18(2)30-15-26(17)34-25-7-5-4-6-24(25)33(28(34)36)16-20-8-10-22(11-9-20)32-27(35)23-13-21(29)14-31-19(23)3/h4-7,12-15,20,22H,8-11,16H2,1-3H3,(H,32,35)/t20-,22-. The second kappa shape index (κ2) is 9.90. The van der Waals surface area contributed by atoms with Gasteiger partial charge in [-0.05, 0) is 82.2 Å². The van der Waals surface area contributed by atoms with E-state index >= 15 is 0 Å². The van der Waals surface area contributed by atoms with E-state index < -0.39 is 0 Å². The number of benzene rings is 1. The number of fused-ring (bicyclic) bond motifs is 1. The van der Waals surface area contributed by atoms with Crippen LogP contribution in [0.1, 0.15) is 53.0 Å². The number of aryl methyl sites for hydroxylation is 3. The highest BCUT2D eigenvalue weighted by Gasteiger charge is 2.26. The van der Waals surface area contributed by atoms with Crippen molar-refractivity contribution in [2.75, 3.05) is 0 Å². The van der Waals surface area contributed by atoms with Crippen molar-refractivity contribution >= 4 is 28.5 Å². The van der Waals surface area contributed by atoms with Crippen molar-refractivity contribution in [1.82, 2.24) is 24.4 Å². The fourth-order valence-electron chi connectivity index (χ4n) is 5.29. The number of nitrogens with one attached hydrogen (secondary N) is 1. The molecule has 7 nitrogen and oxygen atoms in total. The maximum atomic E-state index is 13.7. The number of nitrogens with zero attached hydrogens (tertiary/aromatic N) is 4. The number of pyridine rings is 2. The molecule has 3 heterocycles. The van der Waals surface area contributed by atoms with Crippen molar-refractivity contribution in [3.05, 3.63) is 86.8 Å². The molecular weight excluding hydrogens is 474 g/mol. The van der Waals surface area contributed by atoms with Gasteiger partial charge in [-0.3, -0.25) is 23.9 Å². The Hall–Kier alpha value is -3.45. The van der Waals surface area contributed by atoms with Crippen LogP contribution in [0.15, 0.2) is 53.6 Å². The highest BCUT2D eigenvalue weighted by molar-refractivity contribution is 6.30. The average Bonchev–Trinajstić information content (AvgIpc) is 3.13. The molecule has 186 valence electrons. The Morgan fingerprint density at radius 2 is 1.75 bits per heavy atom. The van der Waals surface area contributed by atoms with Gasteiger partial charge in [0, 0.05) is 24.5 Å². The molecule has 0 atom stereocenters. The maximum Gasteiger partial charge on any atom is 0.333 e. The lowest BCUT2D eigenvalue weighted by Gasteiger charge is -2.29. The van der Waals surface area contributed by atoms with Gasteiger partial charge in [-0.2, -0.15) is 0 Å². The predicted molar refractivity (Wildman–Crippen MR) is 142 cm³/mol. The second-order valence-electron chi connectivity index (χ2n) is 9.81. The van der Waals surface area contributed by atoms with Crippen LogP contribution in [0.3, 0.4) is 0 Å². The number of amides is 1. The van der Waals surface area contributed by atoms with Crippen LogP contribution >= 0.6 is 11.6 Å². The number of imidazole rings is 1. The quantitative estimate of drug-likeness (QED) is 0.408. The van der Waals surface area contributed by atoms with E-state index in [0.29, 0.717) is 28.7 Å². The van der Waals surface area contributed by atoms with E-state index in [9.17, 15) is 9.59 Å². The summed E-state index contributed by atoms with van der Waals surface area (Å²) in [5.74, 6) is 0.231. The number of hydrogen-bond donors (Lipinski definition) is 1. The minimum atomic E-state index is -0.132. The summed E-state index contributed by atoms with van der Waals surface area (Å²) in [6.45, 7) is 6.43. The number of carbonyl (C=O) groups is 1. The summed E-state index contributed by atoms with van der Waals surface area (Å²) in [7, 11) is 0. The highest BCUT2D eigenvalue weighted by Crippen LogP contribution is 2.28. The molecule has 1 saturated carbocycles. The number of halogens is 1. The number of carbonyl (C=O) groups excluding carboxylic acids is 1. The number of rotatable bonds is 5. The van der Waals surface area contributed by atoms with Crippen molar-refractivity contribution in [1.29, 1.82) is 0 Å². The molecule has 0 unspecified atom stereocenters. The monoisotopic (exact) mass is 503 g/mol. The van der Waals surface area contributed by atoms with Crippen LogP contribution in [0, 0.1) is 26.7 Å². The van der Waals surface area contributed by atoms with Crippen LogP contribution in [0.5, 0.6) is 0 Å². The fourth-order valence-corrected chi connectivity index (χ4v) is 5.45. The van der Waals surface area contributed by atoms with Crippen LogP contribution in [0.25, 0.3) is 16.7 Å². The molecule has 0 aliphatic heterocycles. The Bertz CT molecular complexity index is 1500. The van der Waals surface area contributed by atoms with Crippen molar-refractivity contribution in [3.8, 4) is 5.69 Å². The molecule has 4 aromatic rings. The highest BCUT2D eigenvalue weighted by atomic mass is 35.5. The molecule has 1 aromatic carbocycles. The first-order valence-electron chi connectivity index (χ1n) is 12.4. The number of hydrogen-bond acceptors (Lipinski definition) is 4. The zero-order valence-corrected chi connectivity index (χ0v) is 21.5. The molecule has 1 fully saturated rings. The summed E-state index contributed by atoms with van der Waals surface area (Å²) in [4.78, 5) is 35.0. The van der Waals surface area contributed by atoms with E-state index in [1.165, 1.54) is 0 Å². The molecule has 0 spiro atoms. The van der Waals surface area contributed by atoms with Gasteiger partial charge in [0.1, 0.15) is 0 Å². The van der Waals surface area contributed by atoms with Gasteiger partial charge >= 0.3 is 5.69 Å². The van der Waals surface area contributed by atoms with E-state index in [1.807, 2.05) is 55.7 Å². The summed E-state index contributed by atoms with van der Waals surface area (Å²) >= 11 is 6.03. The number of aromatic nitrogens is 4. The minimum absolute atomic E-state index is 0.0377. The molecular formula is C28H30ClN5O2. The Morgan fingerprint density at radius 1 is 1.03 bits per heavy atom. The molecule has 5 rings (SSSR count). The molecule has 0 bridgehead atoms. The van der Waals surface area contributed by atoms with E-state index in [0.717, 1.165) is 53.7 Å². The molecule has 1 aliphatic carbocycles. The van der Waals surface area contributed by atoms with Crippen LogP contribution < -0.4 is 11.0 Å². The number of para-hydroxylation sites is 2. The van der Waals surface area contributed by atoms with Gasteiger partial charge in [0.2, 0.25) is 0 Å². The molecule has 0 radical (unpaired) electrons. The van der Waals surface area contributed by atoms with Gasteiger partial charge in [0.25, 0.3) is 5.91 Å². The van der Waals surface area contributed by atoms with Crippen molar-refractivity contribution in [3.63, 3.8) is 0 Å².